The number of aliphatic hydroxyl groups is 15. The molecule has 43 heavy (non-hydrogen) atoms. The zero-order chi connectivity index (χ0) is 32.0. The van der Waals surface area contributed by atoms with E-state index in [2.05, 4.69) is 0 Å². The van der Waals surface area contributed by atoms with Crippen molar-refractivity contribution in [1.29, 1.82) is 0 Å². The molecule has 9 unspecified atom stereocenters. The van der Waals surface area contributed by atoms with Crippen molar-refractivity contribution in [2.75, 3.05) is 26.4 Å². The second-order valence-corrected chi connectivity index (χ2v) is 12.3. The van der Waals surface area contributed by atoms with Gasteiger partial charge >= 0.3 is 0 Å². The van der Waals surface area contributed by atoms with Crippen LogP contribution in [0, 0.1) is 11.8 Å². The second kappa shape index (κ2) is 16.8. The van der Waals surface area contributed by atoms with E-state index in [9.17, 15) is 56.2 Å². The maximum atomic E-state index is 10.6. The second-order valence-electron chi connectivity index (χ2n) is 12.3. The Kier molecular flexibility index (Phi) is 14.4. The van der Waals surface area contributed by atoms with Crippen LogP contribution in [0.15, 0.2) is 0 Å². The van der Waals surface area contributed by atoms with Crippen LogP contribution < -0.4 is 0 Å². The first-order chi connectivity index (χ1) is 20.3. The summed E-state index contributed by atoms with van der Waals surface area (Å²) < 4.78 is 16.9. The standard InChI is InChI=1S/C27H50O16/c28-7-16(33)23(37)25(39)18(35)9-41-20-4-12(30)5-21-13(20)6-22(27(43-21)11-1-2-14(31)15(32)3-11)42-10-19(36)26(40)24(38)17(34)8-29/h11-40H,1-10H2/p+1/t11?,12?,13?,14?,15?,16-,17-,18+,19+,20?,21?,22?,23-,24-,25-,26-,27?/m1/s1. The third-order valence-corrected chi connectivity index (χ3v) is 9.16. The van der Waals surface area contributed by atoms with Gasteiger partial charge in [0.2, 0.25) is 0 Å². The van der Waals surface area contributed by atoms with Crippen LogP contribution >= 0.6 is 0 Å². The Morgan fingerprint density at radius 3 is 1.60 bits per heavy atom. The first kappa shape index (κ1) is 36.8. The molecule has 0 aromatic heterocycles. The first-order valence-corrected chi connectivity index (χ1v) is 14.9. The molecule has 16 heteroatoms. The van der Waals surface area contributed by atoms with Gasteiger partial charge in [-0.25, -0.2) is 0 Å². The molecule has 1 saturated heterocycles. The van der Waals surface area contributed by atoms with Crippen LogP contribution in [0.3, 0.4) is 0 Å². The van der Waals surface area contributed by atoms with E-state index in [-0.39, 0.29) is 31.1 Å². The van der Waals surface area contributed by atoms with Crippen LogP contribution in [-0.4, -0.2) is 189 Å². The van der Waals surface area contributed by atoms with Crippen molar-refractivity contribution >= 4 is 0 Å². The van der Waals surface area contributed by atoms with E-state index in [1.54, 1.807) is 0 Å². The average Bonchev–Trinajstić information content (AvgIpc) is 3.00. The summed E-state index contributed by atoms with van der Waals surface area (Å²) in [6, 6.07) is 0. The quantitative estimate of drug-likeness (QED) is 0.0748. The molecule has 0 aromatic carbocycles. The van der Waals surface area contributed by atoms with Crippen molar-refractivity contribution in [3.05, 3.63) is 0 Å². The molecule has 254 valence electrons. The molecule has 16 nitrogen and oxygen atoms in total. The van der Waals surface area contributed by atoms with Gasteiger partial charge in [0, 0.05) is 18.8 Å². The van der Waals surface area contributed by atoms with E-state index in [0.717, 1.165) is 0 Å². The molecule has 17 atom stereocenters. The Balaban J connectivity index is 1.73. The lowest BCUT2D eigenvalue weighted by molar-refractivity contribution is -0.310. The van der Waals surface area contributed by atoms with Gasteiger partial charge in [0.25, 0.3) is 0 Å². The Labute approximate surface area is 249 Å². The third-order valence-electron chi connectivity index (χ3n) is 9.16. The van der Waals surface area contributed by atoms with Crippen molar-refractivity contribution in [3.8, 4) is 0 Å². The number of hydrogen-bond donors (Lipinski definition) is 13. The smallest absolute Gasteiger partial charge is 0.184 e. The molecule has 14 N–H and O–H groups in total. The Morgan fingerprint density at radius 1 is 0.581 bits per heavy atom. The van der Waals surface area contributed by atoms with Crippen LogP contribution in [0.5, 0.6) is 0 Å². The van der Waals surface area contributed by atoms with Gasteiger partial charge in [-0.15, -0.1) is 0 Å². The fraction of sp³-hybridized carbons (Fsp3) is 1.00. The number of ether oxygens (including phenoxy) is 3. The number of rotatable bonds is 15. The van der Waals surface area contributed by atoms with Crippen molar-refractivity contribution in [1.82, 2.24) is 0 Å². The molecule has 2 aliphatic carbocycles. The topological polar surface area (TPSA) is 294 Å². The van der Waals surface area contributed by atoms with Gasteiger partial charge in [-0.05, 0) is 25.7 Å². The molecule has 3 rings (SSSR count). The molecular formula is C27H51O16+. The molecule has 0 bridgehead atoms. The third kappa shape index (κ3) is 9.45. The van der Waals surface area contributed by atoms with Gasteiger partial charge < -0.3 is 80.6 Å². The van der Waals surface area contributed by atoms with Crippen molar-refractivity contribution < 1.29 is 80.6 Å². The predicted molar refractivity (Wildman–Crippen MR) is 144 cm³/mol. The van der Waals surface area contributed by atoms with Crippen LogP contribution in [0.2, 0.25) is 0 Å². The monoisotopic (exact) mass is 631 g/mol. The molecule has 0 radical (unpaired) electrons. The van der Waals surface area contributed by atoms with Gasteiger partial charge in [0.1, 0.15) is 54.9 Å². The van der Waals surface area contributed by atoms with E-state index in [4.69, 9.17) is 24.4 Å². The van der Waals surface area contributed by atoms with E-state index in [1.807, 2.05) is 0 Å². The van der Waals surface area contributed by atoms with Crippen LogP contribution in [-0.2, 0) is 9.47 Å². The lowest BCUT2D eigenvalue weighted by atomic mass is 9.72. The number of hydrogen-bond acceptors (Lipinski definition) is 15. The fourth-order valence-electron chi connectivity index (χ4n) is 6.47. The highest BCUT2D eigenvalue weighted by molar-refractivity contribution is 4.98. The minimum absolute atomic E-state index is 0.152. The van der Waals surface area contributed by atoms with Crippen molar-refractivity contribution in [2.24, 2.45) is 11.8 Å². The van der Waals surface area contributed by atoms with E-state index in [1.165, 1.54) is 0 Å². The summed E-state index contributed by atoms with van der Waals surface area (Å²) in [6.07, 6.45) is -17.2. The summed E-state index contributed by atoms with van der Waals surface area (Å²) in [7, 11) is 0. The summed E-state index contributed by atoms with van der Waals surface area (Å²) in [4.78, 5) is 0. The summed E-state index contributed by atoms with van der Waals surface area (Å²) in [6.45, 7) is -2.63. The van der Waals surface area contributed by atoms with Crippen LogP contribution in [0.4, 0.5) is 0 Å². The zero-order valence-electron chi connectivity index (χ0n) is 24.0. The predicted octanol–water partition coefficient (Wildman–Crippen LogP) is -6.41. The molecule has 1 heterocycles. The normalized spacial score (nSPS) is 39.1. The van der Waals surface area contributed by atoms with Crippen LogP contribution in [0.25, 0.3) is 0 Å². The highest BCUT2D eigenvalue weighted by Crippen LogP contribution is 2.42. The molecule has 3 aliphatic rings. The van der Waals surface area contributed by atoms with Gasteiger partial charge in [0.15, 0.2) is 12.2 Å². The highest BCUT2D eigenvalue weighted by Gasteiger charge is 2.53. The summed E-state index contributed by atoms with van der Waals surface area (Å²) in [5.74, 6) is -0.590. The Morgan fingerprint density at radius 2 is 1.09 bits per heavy atom. The maximum absolute atomic E-state index is 10.6. The average molecular weight is 632 g/mol. The molecule has 0 spiro atoms. The Hall–Kier alpha value is -0.640. The number of aliphatic hydroxyl groups excluding tert-OH is 13. The van der Waals surface area contributed by atoms with E-state index < -0.39 is 118 Å². The molecule has 1 aliphatic heterocycles. The Bertz CT molecular complexity index is 809. The molecule has 0 amide bonds. The lowest BCUT2D eigenvalue weighted by Gasteiger charge is -2.47. The minimum Gasteiger partial charge on any atom is -0.427 e. The van der Waals surface area contributed by atoms with Gasteiger partial charge in [0.05, 0.1) is 56.8 Å². The molecular weight excluding hydrogens is 580 g/mol. The van der Waals surface area contributed by atoms with Crippen molar-refractivity contribution in [3.63, 3.8) is 0 Å². The molecule has 0 aromatic rings. The van der Waals surface area contributed by atoms with Gasteiger partial charge in [-0.2, -0.15) is 0 Å². The van der Waals surface area contributed by atoms with Crippen molar-refractivity contribution in [2.45, 2.75) is 130 Å². The molecule has 2 saturated carbocycles. The van der Waals surface area contributed by atoms with Crippen LogP contribution in [0.1, 0.15) is 38.5 Å². The summed E-state index contributed by atoms with van der Waals surface area (Å²) >= 11 is 0. The minimum atomic E-state index is -1.84. The van der Waals surface area contributed by atoms with Gasteiger partial charge in [-0.1, -0.05) is 0 Å². The lowest BCUT2D eigenvalue weighted by Crippen LogP contribution is -2.59. The zero-order valence-corrected chi connectivity index (χ0v) is 24.0. The maximum Gasteiger partial charge on any atom is 0.184 e. The molecule has 3 fully saturated rings. The van der Waals surface area contributed by atoms with E-state index >= 15 is 0 Å². The summed E-state index contributed by atoms with van der Waals surface area (Å²) in [5.41, 5.74) is 0. The summed E-state index contributed by atoms with van der Waals surface area (Å²) in [5, 5.41) is 129. The van der Waals surface area contributed by atoms with Gasteiger partial charge in [-0.3, -0.25) is 0 Å². The fourth-order valence-corrected chi connectivity index (χ4v) is 6.47. The largest absolute Gasteiger partial charge is 0.427 e. The van der Waals surface area contributed by atoms with E-state index in [0.29, 0.717) is 19.3 Å². The number of fused-ring (bicyclic) bond motifs is 1. The first-order valence-electron chi connectivity index (χ1n) is 14.9. The SMILES string of the molecule is OC[C@@H](O)[C@@H](O)[C@H](O)[C@@H](O)COC1CC(O)CC2[OH+]C(C3CCC(O)C(O)C3)C(OC[C@H](O)[C@@H](O)[C@H](O)[C@H](O)CO)CC12. The highest BCUT2D eigenvalue weighted by atomic mass is 16.6.